The van der Waals surface area contributed by atoms with Crippen LogP contribution in [0.15, 0.2) is 85.2 Å². The largest absolute Gasteiger partial charge is 0.307 e. The lowest BCUT2D eigenvalue weighted by Crippen LogP contribution is -2.12. The highest BCUT2D eigenvalue weighted by atomic mass is 35.5. The van der Waals surface area contributed by atoms with Gasteiger partial charge in [0.1, 0.15) is 11.5 Å². The van der Waals surface area contributed by atoms with Crippen LogP contribution in [0.25, 0.3) is 28.2 Å². The van der Waals surface area contributed by atoms with Crippen molar-refractivity contribution in [2.75, 3.05) is 5.32 Å². The van der Waals surface area contributed by atoms with Crippen LogP contribution in [0.2, 0.25) is 5.02 Å². The van der Waals surface area contributed by atoms with Crippen LogP contribution in [0.4, 0.5) is 5.82 Å². The minimum atomic E-state index is -0.221. The molecule has 2 aromatic carbocycles. The number of carbonyl (C=O) groups excluding carboxylic acids is 1. The van der Waals surface area contributed by atoms with Gasteiger partial charge in [-0.15, -0.1) is 0 Å². The van der Waals surface area contributed by atoms with Crippen LogP contribution in [0.3, 0.4) is 0 Å². The molecular formula is C25H18ClN5O. The maximum atomic E-state index is 12.7. The Morgan fingerprint density at radius 1 is 0.938 bits per heavy atom. The Labute approximate surface area is 189 Å². The summed E-state index contributed by atoms with van der Waals surface area (Å²) in [5, 5.41) is 7.99. The predicted octanol–water partition coefficient (Wildman–Crippen LogP) is 5.67. The summed E-state index contributed by atoms with van der Waals surface area (Å²) in [6, 6.07) is 22.3. The number of aryl methyl sites for hydroxylation is 1. The summed E-state index contributed by atoms with van der Waals surface area (Å²) >= 11 is 6.23. The van der Waals surface area contributed by atoms with Gasteiger partial charge in [0.05, 0.1) is 5.69 Å². The number of amides is 1. The third-order valence-electron chi connectivity index (χ3n) is 5.08. The third kappa shape index (κ3) is 3.84. The number of imidazole rings is 1. The number of anilines is 1. The fourth-order valence-corrected chi connectivity index (χ4v) is 3.71. The normalized spacial score (nSPS) is 10.9. The minimum Gasteiger partial charge on any atom is -0.307 e. The van der Waals surface area contributed by atoms with Crippen molar-refractivity contribution >= 4 is 29.0 Å². The van der Waals surface area contributed by atoms with Gasteiger partial charge < -0.3 is 5.32 Å². The molecule has 0 atom stereocenters. The van der Waals surface area contributed by atoms with E-state index in [2.05, 4.69) is 15.4 Å². The summed E-state index contributed by atoms with van der Waals surface area (Å²) in [6.45, 7) is 1.98. The summed E-state index contributed by atoms with van der Waals surface area (Å²) in [4.78, 5) is 21.8. The summed E-state index contributed by atoms with van der Waals surface area (Å²) in [5.74, 6) is 0.219. The molecule has 0 unspecified atom stereocenters. The van der Waals surface area contributed by atoms with E-state index in [9.17, 15) is 4.79 Å². The third-order valence-corrected chi connectivity index (χ3v) is 5.31. The Balaban J connectivity index is 1.58. The van der Waals surface area contributed by atoms with Crippen LogP contribution >= 0.6 is 11.6 Å². The van der Waals surface area contributed by atoms with Crippen molar-refractivity contribution in [1.82, 2.24) is 19.6 Å². The molecule has 0 radical (unpaired) electrons. The van der Waals surface area contributed by atoms with Crippen molar-refractivity contribution in [2.45, 2.75) is 6.92 Å². The molecule has 5 rings (SSSR count). The molecule has 1 amide bonds. The Kier molecular flexibility index (Phi) is 5.13. The van der Waals surface area contributed by atoms with Crippen LogP contribution < -0.4 is 5.32 Å². The number of nitrogens with one attached hydrogen (secondary N) is 1. The zero-order chi connectivity index (χ0) is 22.1. The molecule has 0 spiro atoms. The molecule has 3 aromatic heterocycles. The molecule has 0 saturated carbocycles. The standard InChI is InChI=1S/C25H18ClN5O/c1-16-7-9-17(10-8-16)25(32)29-21-15-19(11-13-27-21)24-23(18-4-2-5-20(26)14-18)30-22-6-3-12-28-31(22)24/h2-15H,1H3,(H,27,29,32). The molecule has 5 aromatic rings. The van der Waals surface area contributed by atoms with Gasteiger partial charge in [0.15, 0.2) is 5.65 Å². The first-order valence-corrected chi connectivity index (χ1v) is 10.4. The topological polar surface area (TPSA) is 72.2 Å². The first kappa shape index (κ1) is 19.9. The van der Waals surface area contributed by atoms with Gasteiger partial charge in [-0.1, -0.05) is 41.4 Å². The van der Waals surface area contributed by atoms with E-state index >= 15 is 0 Å². The number of fused-ring (bicyclic) bond motifs is 1. The molecule has 0 aliphatic heterocycles. The smallest absolute Gasteiger partial charge is 0.256 e. The van der Waals surface area contributed by atoms with E-state index < -0.39 is 0 Å². The van der Waals surface area contributed by atoms with Crippen molar-refractivity contribution in [3.63, 3.8) is 0 Å². The highest BCUT2D eigenvalue weighted by molar-refractivity contribution is 6.30. The summed E-state index contributed by atoms with van der Waals surface area (Å²) in [6.07, 6.45) is 3.37. The second-order valence-corrected chi connectivity index (χ2v) is 7.80. The Morgan fingerprint density at radius 3 is 2.59 bits per heavy atom. The molecule has 3 heterocycles. The second-order valence-electron chi connectivity index (χ2n) is 7.36. The average molecular weight is 440 g/mol. The fourth-order valence-electron chi connectivity index (χ4n) is 3.52. The Morgan fingerprint density at radius 2 is 1.78 bits per heavy atom. The first-order valence-electron chi connectivity index (χ1n) is 10.0. The molecule has 1 N–H and O–H groups in total. The van der Waals surface area contributed by atoms with Crippen LogP contribution in [-0.2, 0) is 0 Å². The van der Waals surface area contributed by atoms with E-state index in [1.54, 1.807) is 29.0 Å². The number of hydrogen-bond acceptors (Lipinski definition) is 4. The van der Waals surface area contributed by atoms with Gasteiger partial charge in [-0.25, -0.2) is 14.5 Å². The van der Waals surface area contributed by atoms with Crippen molar-refractivity contribution in [3.05, 3.63) is 101 Å². The Bertz CT molecular complexity index is 1440. The Hall–Kier alpha value is -4.03. The van der Waals surface area contributed by atoms with Crippen LogP contribution in [0.5, 0.6) is 0 Å². The highest BCUT2D eigenvalue weighted by Crippen LogP contribution is 2.33. The van der Waals surface area contributed by atoms with E-state index in [1.807, 2.05) is 67.6 Å². The fraction of sp³-hybridized carbons (Fsp3) is 0.0400. The van der Waals surface area contributed by atoms with Gasteiger partial charge in [-0.3, -0.25) is 4.79 Å². The number of hydrogen-bond donors (Lipinski definition) is 1. The SMILES string of the molecule is Cc1ccc(C(=O)Nc2cc(-c3c(-c4cccc(Cl)c4)nc4cccnn34)ccn2)cc1. The van der Waals surface area contributed by atoms with Crippen LogP contribution in [0.1, 0.15) is 15.9 Å². The van der Waals surface area contributed by atoms with Gasteiger partial charge in [0.25, 0.3) is 5.91 Å². The van der Waals surface area contributed by atoms with E-state index in [1.165, 1.54) is 0 Å². The zero-order valence-electron chi connectivity index (χ0n) is 17.2. The maximum Gasteiger partial charge on any atom is 0.256 e. The van der Waals surface area contributed by atoms with Gasteiger partial charge in [-0.05, 0) is 55.5 Å². The predicted molar refractivity (Wildman–Crippen MR) is 126 cm³/mol. The molecular weight excluding hydrogens is 422 g/mol. The number of carbonyl (C=O) groups is 1. The summed E-state index contributed by atoms with van der Waals surface area (Å²) in [5.41, 5.74) is 5.60. The van der Waals surface area contributed by atoms with Gasteiger partial charge >= 0.3 is 0 Å². The quantitative estimate of drug-likeness (QED) is 0.391. The van der Waals surface area contributed by atoms with Crippen molar-refractivity contribution in [3.8, 4) is 22.5 Å². The molecule has 0 fully saturated rings. The first-order chi connectivity index (χ1) is 15.6. The average Bonchev–Trinajstić information content (AvgIpc) is 3.19. The lowest BCUT2D eigenvalue weighted by atomic mass is 10.1. The van der Waals surface area contributed by atoms with E-state index in [4.69, 9.17) is 16.6 Å². The van der Waals surface area contributed by atoms with Crippen molar-refractivity contribution in [1.29, 1.82) is 0 Å². The highest BCUT2D eigenvalue weighted by Gasteiger charge is 2.18. The molecule has 0 bridgehead atoms. The molecule has 0 aliphatic rings. The number of aromatic nitrogens is 4. The molecule has 7 heteroatoms. The van der Waals surface area contributed by atoms with Gasteiger partial charge in [0, 0.05) is 34.1 Å². The summed E-state index contributed by atoms with van der Waals surface area (Å²) < 4.78 is 1.77. The van der Waals surface area contributed by atoms with Crippen molar-refractivity contribution in [2.24, 2.45) is 0 Å². The maximum absolute atomic E-state index is 12.7. The number of pyridine rings is 1. The minimum absolute atomic E-state index is 0.221. The molecule has 32 heavy (non-hydrogen) atoms. The van der Waals surface area contributed by atoms with Gasteiger partial charge in [0.2, 0.25) is 0 Å². The number of benzene rings is 2. The number of rotatable bonds is 4. The second kappa shape index (κ2) is 8.24. The van der Waals surface area contributed by atoms with Crippen LogP contribution in [0, 0.1) is 6.92 Å². The summed E-state index contributed by atoms with van der Waals surface area (Å²) in [7, 11) is 0. The molecule has 156 valence electrons. The van der Waals surface area contributed by atoms with Crippen molar-refractivity contribution < 1.29 is 4.79 Å². The lowest BCUT2D eigenvalue weighted by Gasteiger charge is -2.09. The molecule has 0 saturated heterocycles. The lowest BCUT2D eigenvalue weighted by molar-refractivity contribution is 0.102. The number of nitrogens with zero attached hydrogens (tertiary/aromatic N) is 4. The monoisotopic (exact) mass is 439 g/mol. The van der Waals surface area contributed by atoms with E-state index in [-0.39, 0.29) is 5.91 Å². The number of halogens is 1. The zero-order valence-corrected chi connectivity index (χ0v) is 17.9. The van der Waals surface area contributed by atoms with E-state index in [0.29, 0.717) is 22.1 Å². The van der Waals surface area contributed by atoms with Crippen LogP contribution in [-0.4, -0.2) is 25.5 Å². The van der Waals surface area contributed by atoms with E-state index in [0.717, 1.165) is 28.1 Å². The molecule has 6 nitrogen and oxygen atoms in total. The molecule has 0 aliphatic carbocycles. The van der Waals surface area contributed by atoms with Gasteiger partial charge in [-0.2, -0.15) is 5.10 Å².